The fourth-order valence-corrected chi connectivity index (χ4v) is 5.97. The zero-order chi connectivity index (χ0) is 17.3. The van der Waals surface area contributed by atoms with Crippen LogP contribution in [0.3, 0.4) is 0 Å². The van der Waals surface area contributed by atoms with Crippen molar-refractivity contribution in [2.75, 3.05) is 32.7 Å². The Kier molecular flexibility index (Phi) is 5.51. The molecule has 9 heteroatoms. The quantitative estimate of drug-likeness (QED) is 0.800. The maximum Gasteiger partial charge on any atom is 0.252 e. The highest BCUT2D eigenvalue weighted by Gasteiger charge is 2.31. The van der Waals surface area contributed by atoms with Gasteiger partial charge in [-0.1, -0.05) is 11.6 Å². The molecule has 1 saturated carbocycles. The Morgan fingerprint density at radius 3 is 2.54 bits per heavy atom. The summed E-state index contributed by atoms with van der Waals surface area (Å²) in [6, 6.07) is 3.38. The van der Waals surface area contributed by atoms with Gasteiger partial charge in [-0.15, -0.1) is 11.3 Å². The number of rotatable bonds is 6. The van der Waals surface area contributed by atoms with E-state index in [1.807, 2.05) is 11.8 Å². The molecular weight excluding hydrogens is 370 g/mol. The summed E-state index contributed by atoms with van der Waals surface area (Å²) in [5.74, 6) is 0.657. The lowest BCUT2D eigenvalue weighted by atomic mass is 10.2. The molecule has 3 rings (SSSR count). The Bertz CT molecular complexity index is 695. The third kappa shape index (κ3) is 4.29. The van der Waals surface area contributed by atoms with Crippen LogP contribution in [0.25, 0.3) is 0 Å². The molecule has 1 N–H and O–H groups in total. The maximum absolute atomic E-state index is 12.5. The van der Waals surface area contributed by atoms with E-state index in [2.05, 4.69) is 5.32 Å². The lowest BCUT2D eigenvalue weighted by Crippen LogP contribution is -2.51. The number of carbonyl (C=O) groups excluding carboxylic acids is 1. The van der Waals surface area contributed by atoms with Crippen molar-refractivity contribution in [3.63, 3.8) is 0 Å². The van der Waals surface area contributed by atoms with E-state index in [-0.39, 0.29) is 16.2 Å². The molecule has 2 fully saturated rings. The molecular formula is C15H22ClN3O3S2. The summed E-state index contributed by atoms with van der Waals surface area (Å²) in [5, 5.41) is 3.03. The van der Waals surface area contributed by atoms with Crippen LogP contribution in [0, 0.1) is 5.92 Å². The van der Waals surface area contributed by atoms with Crippen molar-refractivity contribution in [1.82, 2.24) is 14.5 Å². The summed E-state index contributed by atoms with van der Waals surface area (Å²) >= 11 is 6.91. The van der Waals surface area contributed by atoms with Gasteiger partial charge in [-0.2, -0.15) is 4.31 Å². The molecule has 134 valence electrons. The average Bonchev–Trinajstić information content (AvgIpc) is 3.29. The summed E-state index contributed by atoms with van der Waals surface area (Å²) in [5.41, 5.74) is 0. The molecule has 2 aliphatic rings. The lowest BCUT2D eigenvalue weighted by Gasteiger charge is -2.33. The molecule has 0 aromatic carbocycles. The first-order valence-electron chi connectivity index (χ1n) is 8.13. The fraction of sp³-hybridized carbons (Fsp3) is 0.667. The summed E-state index contributed by atoms with van der Waals surface area (Å²) in [4.78, 5) is 14.1. The van der Waals surface area contributed by atoms with Crippen molar-refractivity contribution in [3.05, 3.63) is 16.5 Å². The van der Waals surface area contributed by atoms with Gasteiger partial charge >= 0.3 is 0 Å². The van der Waals surface area contributed by atoms with Crippen LogP contribution in [0.4, 0.5) is 0 Å². The molecule has 1 saturated heterocycles. The van der Waals surface area contributed by atoms with E-state index in [1.54, 1.807) is 12.1 Å². The SMILES string of the molecule is C[C@@H](NC(=O)CN1CCN(S(=O)(=O)c2ccc(Cl)s2)CC1)C1CC1. The molecule has 0 radical (unpaired) electrons. The van der Waals surface area contributed by atoms with Crippen molar-refractivity contribution < 1.29 is 13.2 Å². The number of thiophene rings is 1. The van der Waals surface area contributed by atoms with Crippen LogP contribution >= 0.6 is 22.9 Å². The van der Waals surface area contributed by atoms with Crippen molar-refractivity contribution in [2.45, 2.75) is 30.0 Å². The van der Waals surface area contributed by atoms with Crippen LogP contribution in [0.5, 0.6) is 0 Å². The van der Waals surface area contributed by atoms with Gasteiger partial charge in [-0.05, 0) is 37.8 Å². The van der Waals surface area contributed by atoms with Crippen LogP contribution in [-0.4, -0.2) is 62.3 Å². The average molecular weight is 392 g/mol. The van der Waals surface area contributed by atoms with E-state index in [1.165, 1.54) is 17.1 Å². The first-order valence-corrected chi connectivity index (χ1v) is 10.8. The minimum absolute atomic E-state index is 0.0238. The Labute approximate surface area is 151 Å². The molecule has 1 amide bonds. The van der Waals surface area contributed by atoms with Gasteiger partial charge in [-0.25, -0.2) is 8.42 Å². The highest BCUT2D eigenvalue weighted by molar-refractivity contribution is 7.91. The number of amides is 1. The minimum atomic E-state index is -3.47. The minimum Gasteiger partial charge on any atom is -0.352 e. The Morgan fingerprint density at radius 2 is 2.00 bits per heavy atom. The fourth-order valence-electron chi connectivity index (χ4n) is 2.91. The van der Waals surface area contributed by atoms with E-state index in [9.17, 15) is 13.2 Å². The molecule has 1 aromatic heterocycles. The highest BCUT2D eigenvalue weighted by Crippen LogP contribution is 2.32. The van der Waals surface area contributed by atoms with Crippen LogP contribution in [0.2, 0.25) is 4.34 Å². The molecule has 1 aliphatic carbocycles. The topological polar surface area (TPSA) is 69.7 Å². The molecule has 1 aliphatic heterocycles. The zero-order valence-corrected chi connectivity index (χ0v) is 16.0. The normalized spacial score (nSPS) is 21.6. The van der Waals surface area contributed by atoms with Crippen molar-refractivity contribution in [3.8, 4) is 0 Å². The first kappa shape index (κ1) is 18.1. The van der Waals surface area contributed by atoms with Gasteiger partial charge in [0, 0.05) is 32.2 Å². The predicted molar refractivity (Wildman–Crippen MR) is 94.9 cm³/mol. The van der Waals surface area contributed by atoms with E-state index >= 15 is 0 Å². The van der Waals surface area contributed by atoms with Crippen LogP contribution in [0.1, 0.15) is 19.8 Å². The molecule has 0 unspecified atom stereocenters. The molecule has 1 atom stereocenters. The van der Waals surface area contributed by atoms with Crippen molar-refractivity contribution in [1.29, 1.82) is 0 Å². The number of piperazine rings is 1. The van der Waals surface area contributed by atoms with Gasteiger partial charge in [0.1, 0.15) is 4.21 Å². The van der Waals surface area contributed by atoms with E-state index in [0.717, 1.165) is 11.3 Å². The zero-order valence-electron chi connectivity index (χ0n) is 13.6. The molecule has 24 heavy (non-hydrogen) atoms. The number of halogens is 1. The van der Waals surface area contributed by atoms with Crippen molar-refractivity contribution in [2.24, 2.45) is 5.92 Å². The predicted octanol–water partition coefficient (Wildman–Crippen LogP) is 1.62. The highest BCUT2D eigenvalue weighted by atomic mass is 35.5. The van der Waals surface area contributed by atoms with Gasteiger partial charge in [0.05, 0.1) is 10.9 Å². The van der Waals surface area contributed by atoms with Gasteiger partial charge < -0.3 is 5.32 Å². The molecule has 2 heterocycles. The Balaban J connectivity index is 1.49. The van der Waals surface area contributed by atoms with Gasteiger partial charge in [0.2, 0.25) is 5.91 Å². The summed E-state index contributed by atoms with van der Waals surface area (Å²) in [6.45, 7) is 4.28. The second-order valence-corrected chi connectivity index (χ2v) is 10.3. The summed E-state index contributed by atoms with van der Waals surface area (Å²) in [7, 11) is -3.47. The van der Waals surface area contributed by atoms with Gasteiger partial charge in [-0.3, -0.25) is 9.69 Å². The van der Waals surface area contributed by atoms with Crippen molar-refractivity contribution >= 4 is 38.9 Å². The van der Waals surface area contributed by atoms with Gasteiger partial charge in [0.25, 0.3) is 10.0 Å². The Morgan fingerprint density at radius 1 is 1.33 bits per heavy atom. The van der Waals surface area contributed by atoms with E-state index < -0.39 is 10.0 Å². The number of nitrogens with one attached hydrogen (secondary N) is 1. The molecule has 6 nitrogen and oxygen atoms in total. The summed E-state index contributed by atoms with van der Waals surface area (Å²) < 4.78 is 27.3. The standard InChI is InChI=1S/C15H22ClN3O3S2/c1-11(12-2-3-12)17-14(20)10-18-6-8-19(9-7-18)24(21,22)15-5-4-13(16)23-15/h4-5,11-12H,2-3,6-10H2,1H3,(H,17,20)/t11-/m1/s1. The third-order valence-electron chi connectivity index (χ3n) is 4.56. The van der Waals surface area contributed by atoms with Gasteiger partial charge in [0.15, 0.2) is 0 Å². The number of carbonyl (C=O) groups is 1. The molecule has 1 aromatic rings. The second kappa shape index (κ2) is 7.29. The van der Waals surface area contributed by atoms with E-state index in [0.29, 0.717) is 43.0 Å². The van der Waals surface area contributed by atoms with Crippen LogP contribution in [-0.2, 0) is 14.8 Å². The Hall–Kier alpha value is -0.670. The molecule has 0 spiro atoms. The maximum atomic E-state index is 12.5. The number of hydrogen-bond donors (Lipinski definition) is 1. The first-order chi connectivity index (χ1) is 11.4. The second-order valence-electron chi connectivity index (χ2n) is 6.43. The van der Waals surface area contributed by atoms with Crippen LogP contribution in [0.15, 0.2) is 16.3 Å². The number of sulfonamides is 1. The summed E-state index contributed by atoms with van der Waals surface area (Å²) in [6.07, 6.45) is 2.40. The smallest absolute Gasteiger partial charge is 0.252 e. The molecule has 0 bridgehead atoms. The third-order valence-corrected chi connectivity index (χ3v) is 8.16. The lowest BCUT2D eigenvalue weighted by molar-refractivity contribution is -0.123. The number of nitrogens with zero attached hydrogens (tertiary/aromatic N) is 2. The largest absolute Gasteiger partial charge is 0.352 e. The van der Waals surface area contributed by atoms with Crippen LogP contribution < -0.4 is 5.32 Å². The monoisotopic (exact) mass is 391 g/mol. The number of hydrogen-bond acceptors (Lipinski definition) is 5. The van der Waals surface area contributed by atoms with E-state index in [4.69, 9.17) is 11.6 Å².